The molecule has 8 aromatic rings. The van der Waals surface area contributed by atoms with Gasteiger partial charge in [0.05, 0.1) is 0 Å². The molecule has 2 N–H and O–H groups in total. The van der Waals surface area contributed by atoms with Crippen LogP contribution in [0.2, 0.25) is 0 Å². The third-order valence-electron chi connectivity index (χ3n) is 7.64. The van der Waals surface area contributed by atoms with Crippen molar-refractivity contribution >= 4 is 71.6 Å². The van der Waals surface area contributed by atoms with Crippen molar-refractivity contribution in [3.05, 3.63) is 174 Å². The van der Waals surface area contributed by atoms with E-state index in [1.54, 1.807) is 24.3 Å². The fraction of sp³-hybridized carbons (Fsp3) is 0.0244. The van der Waals surface area contributed by atoms with Crippen LogP contribution in [0.3, 0.4) is 0 Å². The number of benzene rings is 8. The molecule has 0 atom stereocenters. The third-order valence-corrected chi connectivity index (χ3v) is 8.49. The maximum absolute atomic E-state index is 8.58. The van der Waals surface area contributed by atoms with Gasteiger partial charge in [-0.25, -0.2) is 0 Å². The summed E-state index contributed by atoms with van der Waals surface area (Å²) in [4.78, 5) is 0. The Labute approximate surface area is 273 Å². The number of fused-ring (bicyclic) bond motifs is 4. The van der Waals surface area contributed by atoms with E-state index in [1.807, 2.05) is 6.07 Å². The molecular weight excluding hydrogens is 615 g/mol. The molecule has 0 fully saturated rings. The first-order chi connectivity index (χ1) is 21.6. The summed E-state index contributed by atoms with van der Waals surface area (Å²) in [6, 6.07) is 57.9. The van der Waals surface area contributed by atoms with Gasteiger partial charge in [0, 0.05) is 4.47 Å². The van der Waals surface area contributed by atoms with Crippen molar-refractivity contribution in [1.82, 2.24) is 0 Å². The van der Waals surface area contributed by atoms with Gasteiger partial charge in [0.25, 0.3) is 0 Å². The van der Waals surface area contributed by atoms with Gasteiger partial charge in [0.1, 0.15) is 0 Å². The summed E-state index contributed by atoms with van der Waals surface area (Å²) in [5.74, 6) is 0. The smallest absolute Gasteiger partial charge is 0.423 e. The quantitative estimate of drug-likeness (QED) is 0.145. The van der Waals surface area contributed by atoms with Gasteiger partial charge in [-0.3, -0.25) is 0 Å². The highest BCUT2D eigenvalue weighted by Crippen LogP contribution is 2.36. The van der Waals surface area contributed by atoms with Crippen molar-refractivity contribution in [2.75, 3.05) is 0 Å². The lowest BCUT2D eigenvalue weighted by molar-refractivity contribution is 0.426. The molecule has 0 radical (unpaired) electrons. The van der Waals surface area contributed by atoms with Gasteiger partial charge in [-0.1, -0.05) is 165 Å². The van der Waals surface area contributed by atoms with Crippen molar-refractivity contribution in [1.29, 1.82) is 0 Å². The van der Waals surface area contributed by atoms with E-state index in [4.69, 9.17) is 10.0 Å². The van der Waals surface area contributed by atoms with Crippen LogP contribution >= 0.6 is 15.9 Å². The van der Waals surface area contributed by atoms with Crippen molar-refractivity contribution in [2.24, 2.45) is 0 Å². The second kappa shape index (κ2) is 14.8. The van der Waals surface area contributed by atoms with Crippen LogP contribution in [0.1, 0.15) is 7.43 Å². The highest BCUT2D eigenvalue weighted by molar-refractivity contribution is 9.10. The molecule has 8 aromatic carbocycles. The van der Waals surface area contributed by atoms with Gasteiger partial charge >= 0.3 is 7.12 Å². The SMILES string of the molecule is Brc1c2ccccc2cc2ccccc12.C.OB(O)c1ccccc1.c1ccc(-c2c3ccccc3cc3ccccc23)cc1. The van der Waals surface area contributed by atoms with Crippen LogP contribution in [-0.4, -0.2) is 17.2 Å². The van der Waals surface area contributed by atoms with E-state index in [0.717, 1.165) is 0 Å². The van der Waals surface area contributed by atoms with E-state index < -0.39 is 7.12 Å². The molecule has 0 spiro atoms. The Morgan fingerprint density at radius 1 is 0.400 bits per heavy atom. The van der Waals surface area contributed by atoms with Gasteiger partial charge in [0.15, 0.2) is 0 Å². The Morgan fingerprint density at radius 2 is 0.733 bits per heavy atom. The van der Waals surface area contributed by atoms with Crippen molar-refractivity contribution < 1.29 is 10.0 Å². The number of rotatable bonds is 2. The first-order valence-corrected chi connectivity index (χ1v) is 15.3. The van der Waals surface area contributed by atoms with Crippen LogP contribution in [0.15, 0.2) is 174 Å². The predicted molar refractivity (Wildman–Crippen MR) is 199 cm³/mol. The molecule has 0 unspecified atom stereocenters. The number of hydrogen-bond acceptors (Lipinski definition) is 2. The van der Waals surface area contributed by atoms with Crippen molar-refractivity contribution in [3.63, 3.8) is 0 Å². The molecule has 0 amide bonds. The molecule has 0 aliphatic heterocycles. The predicted octanol–water partition coefficient (Wildman–Crippen LogP) is 10.4. The average Bonchev–Trinajstić information content (AvgIpc) is 3.09. The van der Waals surface area contributed by atoms with Gasteiger partial charge in [0.2, 0.25) is 0 Å². The summed E-state index contributed by atoms with van der Waals surface area (Å²) in [5, 5.41) is 27.5. The summed E-state index contributed by atoms with van der Waals surface area (Å²) < 4.78 is 1.19. The minimum absolute atomic E-state index is 0. The molecule has 0 saturated heterocycles. The van der Waals surface area contributed by atoms with Crippen molar-refractivity contribution in [2.45, 2.75) is 7.43 Å². The molecule has 0 aliphatic rings. The second-order valence-corrected chi connectivity index (χ2v) is 11.3. The summed E-state index contributed by atoms with van der Waals surface area (Å²) >= 11 is 3.68. The van der Waals surface area contributed by atoms with Gasteiger partial charge in [-0.05, 0) is 87.7 Å². The zero-order chi connectivity index (χ0) is 30.3. The Balaban J connectivity index is 0.000000142. The van der Waals surface area contributed by atoms with Crippen LogP contribution in [0, 0.1) is 0 Å². The van der Waals surface area contributed by atoms with E-state index in [1.165, 1.54) is 58.7 Å². The summed E-state index contributed by atoms with van der Waals surface area (Å²) in [6.45, 7) is 0. The lowest BCUT2D eigenvalue weighted by atomic mass is 9.81. The highest BCUT2D eigenvalue weighted by Gasteiger charge is 2.09. The van der Waals surface area contributed by atoms with Gasteiger partial charge < -0.3 is 10.0 Å². The van der Waals surface area contributed by atoms with E-state index >= 15 is 0 Å². The summed E-state index contributed by atoms with van der Waals surface area (Å²) in [5.41, 5.74) is 3.14. The second-order valence-electron chi connectivity index (χ2n) is 10.5. The average molecular weight is 649 g/mol. The molecule has 2 nitrogen and oxygen atoms in total. The molecule has 220 valence electrons. The molecule has 0 aliphatic carbocycles. The Hall–Kier alpha value is -4.74. The van der Waals surface area contributed by atoms with Crippen LogP contribution in [-0.2, 0) is 0 Å². The number of halogens is 1. The molecule has 0 heterocycles. The Morgan fingerprint density at radius 3 is 1.13 bits per heavy atom. The monoisotopic (exact) mass is 648 g/mol. The van der Waals surface area contributed by atoms with Crippen molar-refractivity contribution in [3.8, 4) is 11.1 Å². The molecule has 45 heavy (non-hydrogen) atoms. The molecular formula is C41H34BBrO2. The lowest BCUT2D eigenvalue weighted by Gasteiger charge is -2.11. The number of hydrogen-bond donors (Lipinski definition) is 2. The van der Waals surface area contributed by atoms with E-state index in [9.17, 15) is 0 Å². The highest BCUT2D eigenvalue weighted by atomic mass is 79.9. The largest absolute Gasteiger partial charge is 0.488 e. The maximum atomic E-state index is 8.58. The normalized spacial score (nSPS) is 10.4. The Bertz CT molecular complexity index is 2060. The summed E-state index contributed by atoms with van der Waals surface area (Å²) in [6.07, 6.45) is 0. The fourth-order valence-corrected chi connectivity index (χ4v) is 6.24. The summed E-state index contributed by atoms with van der Waals surface area (Å²) in [7, 11) is -1.34. The molecule has 0 aromatic heterocycles. The fourth-order valence-electron chi connectivity index (χ4n) is 5.51. The van der Waals surface area contributed by atoms with Crippen LogP contribution in [0.5, 0.6) is 0 Å². The van der Waals surface area contributed by atoms with Gasteiger partial charge in [-0.15, -0.1) is 0 Å². The minimum atomic E-state index is -1.34. The molecule has 0 saturated carbocycles. The Kier molecular flexibility index (Phi) is 10.4. The van der Waals surface area contributed by atoms with Crippen LogP contribution in [0.25, 0.3) is 54.2 Å². The van der Waals surface area contributed by atoms with Crippen LogP contribution in [0.4, 0.5) is 0 Å². The first-order valence-electron chi connectivity index (χ1n) is 14.5. The lowest BCUT2D eigenvalue weighted by Crippen LogP contribution is -2.29. The van der Waals surface area contributed by atoms with E-state index in [2.05, 4.69) is 155 Å². The standard InChI is InChI=1S/C20H14.C14H9Br.C6H7BO2.CH4/c1-2-8-15(9-3-1)20-18-12-6-4-10-16(18)14-17-11-5-7-13-19(17)20;15-14-12-7-3-1-5-10(12)9-11-6-2-4-8-13(11)14;8-7(9)6-4-2-1-3-5-6;/h1-14H;1-9H;1-5,8-9H;1H4. The molecule has 0 bridgehead atoms. The topological polar surface area (TPSA) is 40.5 Å². The third kappa shape index (κ3) is 7.16. The van der Waals surface area contributed by atoms with Gasteiger partial charge in [-0.2, -0.15) is 0 Å². The maximum Gasteiger partial charge on any atom is 0.488 e. The van der Waals surface area contributed by atoms with E-state index in [-0.39, 0.29) is 7.43 Å². The zero-order valence-electron chi connectivity index (χ0n) is 24.0. The molecule has 8 rings (SSSR count). The molecule has 4 heteroatoms. The minimum Gasteiger partial charge on any atom is -0.423 e. The van der Waals surface area contributed by atoms with Crippen LogP contribution < -0.4 is 5.46 Å². The van der Waals surface area contributed by atoms with E-state index in [0.29, 0.717) is 5.46 Å². The zero-order valence-corrected chi connectivity index (χ0v) is 25.6. The first kappa shape index (κ1) is 31.7.